The first-order valence-corrected chi connectivity index (χ1v) is 8.69. The molecule has 0 amide bonds. The molecule has 0 N–H and O–H groups in total. The first-order chi connectivity index (χ1) is 8.84. The Morgan fingerprint density at radius 1 is 0.833 bits per heavy atom. The van der Waals surface area contributed by atoms with E-state index in [9.17, 15) is 0 Å². The van der Waals surface area contributed by atoms with Gasteiger partial charge in [-0.05, 0) is 40.9 Å². The Labute approximate surface area is 128 Å². The molecule has 1 aromatic carbocycles. The lowest BCUT2D eigenvalue weighted by molar-refractivity contribution is 0.302. The van der Waals surface area contributed by atoms with Crippen molar-refractivity contribution < 1.29 is 4.74 Å². The normalized spacial score (nSPS) is 10.6. The lowest BCUT2D eigenvalue weighted by atomic mass is 10.1. The van der Waals surface area contributed by atoms with E-state index >= 15 is 0 Å². The SMILES string of the molecule is BrCCCCCCCCCOc1ccccc1Br. The summed E-state index contributed by atoms with van der Waals surface area (Å²) in [6.07, 6.45) is 9.17. The molecule has 1 aromatic rings. The molecule has 0 aliphatic rings. The Hall–Kier alpha value is -0.0200. The summed E-state index contributed by atoms with van der Waals surface area (Å²) in [5.74, 6) is 0.954. The van der Waals surface area contributed by atoms with E-state index in [0.29, 0.717) is 0 Å². The number of benzene rings is 1. The van der Waals surface area contributed by atoms with Crippen LogP contribution in [-0.4, -0.2) is 11.9 Å². The van der Waals surface area contributed by atoms with E-state index in [1.807, 2.05) is 24.3 Å². The summed E-state index contributed by atoms with van der Waals surface area (Å²) in [4.78, 5) is 0. The molecule has 1 nitrogen and oxygen atoms in total. The molecule has 1 rings (SSSR count). The summed E-state index contributed by atoms with van der Waals surface area (Å²) in [5, 5.41) is 1.15. The second-order valence-corrected chi connectivity index (χ2v) is 6.09. The first kappa shape index (κ1) is 16.0. The maximum Gasteiger partial charge on any atom is 0.133 e. The van der Waals surface area contributed by atoms with E-state index in [-0.39, 0.29) is 0 Å². The highest BCUT2D eigenvalue weighted by Crippen LogP contribution is 2.23. The molecule has 0 unspecified atom stereocenters. The van der Waals surface area contributed by atoms with Crippen LogP contribution in [0.15, 0.2) is 28.7 Å². The van der Waals surface area contributed by atoms with Crippen molar-refractivity contribution in [2.24, 2.45) is 0 Å². The summed E-state index contributed by atoms with van der Waals surface area (Å²) < 4.78 is 6.77. The van der Waals surface area contributed by atoms with E-state index < -0.39 is 0 Å². The highest BCUT2D eigenvalue weighted by molar-refractivity contribution is 9.10. The van der Waals surface area contributed by atoms with E-state index in [1.165, 1.54) is 38.5 Å². The van der Waals surface area contributed by atoms with Gasteiger partial charge in [-0.15, -0.1) is 0 Å². The van der Waals surface area contributed by atoms with Crippen LogP contribution in [0, 0.1) is 0 Å². The number of rotatable bonds is 10. The lowest BCUT2D eigenvalue weighted by Gasteiger charge is -2.07. The molecule has 0 aromatic heterocycles. The Bertz CT molecular complexity index is 315. The highest BCUT2D eigenvalue weighted by atomic mass is 79.9. The van der Waals surface area contributed by atoms with Crippen LogP contribution in [0.3, 0.4) is 0 Å². The van der Waals surface area contributed by atoms with Crippen molar-refractivity contribution in [2.75, 3.05) is 11.9 Å². The van der Waals surface area contributed by atoms with Crippen LogP contribution in [0.2, 0.25) is 0 Å². The second-order valence-electron chi connectivity index (χ2n) is 4.44. The molecule has 0 bridgehead atoms. The fraction of sp³-hybridized carbons (Fsp3) is 0.600. The number of alkyl halides is 1. The molecule has 0 aliphatic carbocycles. The molecule has 0 radical (unpaired) electrons. The second kappa shape index (κ2) is 10.9. The van der Waals surface area contributed by atoms with Gasteiger partial charge in [0.1, 0.15) is 5.75 Å². The van der Waals surface area contributed by atoms with Gasteiger partial charge in [0.05, 0.1) is 11.1 Å². The van der Waals surface area contributed by atoms with Gasteiger partial charge < -0.3 is 4.74 Å². The van der Waals surface area contributed by atoms with Crippen LogP contribution in [0.1, 0.15) is 44.9 Å². The van der Waals surface area contributed by atoms with Gasteiger partial charge in [-0.2, -0.15) is 0 Å². The summed E-state index contributed by atoms with van der Waals surface area (Å²) in [6, 6.07) is 8.03. The van der Waals surface area contributed by atoms with Crippen molar-refractivity contribution in [3.63, 3.8) is 0 Å². The predicted octanol–water partition coefficient (Wildman–Crippen LogP) is 5.95. The number of halogens is 2. The van der Waals surface area contributed by atoms with E-state index in [2.05, 4.69) is 31.9 Å². The Kier molecular flexibility index (Phi) is 9.68. The lowest BCUT2D eigenvalue weighted by Crippen LogP contribution is -1.97. The van der Waals surface area contributed by atoms with Crippen LogP contribution in [-0.2, 0) is 0 Å². The number of para-hydroxylation sites is 1. The topological polar surface area (TPSA) is 9.23 Å². The summed E-state index contributed by atoms with van der Waals surface area (Å²) >= 11 is 6.95. The molecule has 0 heterocycles. The first-order valence-electron chi connectivity index (χ1n) is 6.78. The van der Waals surface area contributed by atoms with Crippen molar-refractivity contribution in [3.8, 4) is 5.75 Å². The van der Waals surface area contributed by atoms with Crippen molar-refractivity contribution in [1.82, 2.24) is 0 Å². The van der Waals surface area contributed by atoms with Gasteiger partial charge in [0.2, 0.25) is 0 Å². The Balaban J connectivity index is 1.94. The predicted molar refractivity (Wildman–Crippen MR) is 85.8 cm³/mol. The highest BCUT2D eigenvalue weighted by Gasteiger charge is 1.98. The maximum atomic E-state index is 5.73. The monoisotopic (exact) mass is 376 g/mol. The van der Waals surface area contributed by atoms with Crippen molar-refractivity contribution in [3.05, 3.63) is 28.7 Å². The van der Waals surface area contributed by atoms with Crippen molar-refractivity contribution in [2.45, 2.75) is 44.9 Å². The molecule has 0 aliphatic heterocycles. The quantitative estimate of drug-likeness (QED) is 0.361. The van der Waals surface area contributed by atoms with Crippen molar-refractivity contribution >= 4 is 31.9 Å². The summed E-state index contributed by atoms with van der Waals surface area (Å²) in [5.41, 5.74) is 0. The molecule has 0 fully saturated rings. The number of ether oxygens (including phenoxy) is 1. The van der Waals surface area contributed by atoms with Gasteiger partial charge >= 0.3 is 0 Å². The molecular weight excluding hydrogens is 356 g/mol. The number of hydrogen-bond donors (Lipinski definition) is 0. The van der Waals surface area contributed by atoms with E-state index in [4.69, 9.17) is 4.74 Å². The van der Waals surface area contributed by atoms with Gasteiger partial charge in [0.15, 0.2) is 0 Å². The fourth-order valence-electron chi connectivity index (χ4n) is 1.82. The van der Waals surface area contributed by atoms with Crippen LogP contribution in [0.5, 0.6) is 5.75 Å². The minimum absolute atomic E-state index is 0.823. The van der Waals surface area contributed by atoms with Crippen LogP contribution < -0.4 is 4.74 Å². The third kappa shape index (κ3) is 7.42. The zero-order valence-corrected chi connectivity index (χ0v) is 14.0. The number of unbranched alkanes of at least 4 members (excludes halogenated alkanes) is 6. The van der Waals surface area contributed by atoms with E-state index in [0.717, 1.165) is 28.6 Å². The molecule has 18 heavy (non-hydrogen) atoms. The van der Waals surface area contributed by atoms with Crippen LogP contribution in [0.4, 0.5) is 0 Å². The molecule has 102 valence electrons. The average molecular weight is 378 g/mol. The minimum Gasteiger partial charge on any atom is -0.492 e. The molecule has 0 saturated carbocycles. The Morgan fingerprint density at radius 2 is 1.44 bits per heavy atom. The zero-order valence-electron chi connectivity index (χ0n) is 10.8. The molecular formula is C15H22Br2O. The molecule has 0 atom stereocenters. The Morgan fingerprint density at radius 3 is 2.11 bits per heavy atom. The third-order valence-electron chi connectivity index (χ3n) is 2.87. The van der Waals surface area contributed by atoms with Crippen LogP contribution >= 0.6 is 31.9 Å². The van der Waals surface area contributed by atoms with Gasteiger partial charge in [-0.3, -0.25) is 0 Å². The average Bonchev–Trinajstić information content (AvgIpc) is 2.39. The van der Waals surface area contributed by atoms with Gasteiger partial charge in [0, 0.05) is 5.33 Å². The molecule has 3 heteroatoms. The third-order valence-corrected chi connectivity index (χ3v) is 4.09. The zero-order chi connectivity index (χ0) is 13.1. The van der Waals surface area contributed by atoms with Gasteiger partial charge in [-0.25, -0.2) is 0 Å². The van der Waals surface area contributed by atoms with Gasteiger partial charge in [-0.1, -0.05) is 60.2 Å². The molecule has 0 saturated heterocycles. The molecule has 0 spiro atoms. The standard InChI is InChI=1S/C15H22Br2O/c16-12-8-4-2-1-3-5-9-13-18-15-11-7-6-10-14(15)17/h6-7,10-11H,1-5,8-9,12-13H2. The fourth-order valence-corrected chi connectivity index (χ4v) is 2.62. The largest absolute Gasteiger partial charge is 0.492 e. The summed E-state index contributed by atoms with van der Waals surface area (Å²) in [7, 11) is 0. The smallest absolute Gasteiger partial charge is 0.133 e. The number of hydrogen-bond acceptors (Lipinski definition) is 1. The minimum atomic E-state index is 0.823. The van der Waals surface area contributed by atoms with Crippen molar-refractivity contribution in [1.29, 1.82) is 0 Å². The van der Waals surface area contributed by atoms with E-state index in [1.54, 1.807) is 0 Å². The maximum absolute atomic E-state index is 5.73. The summed E-state index contributed by atoms with van der Waals surface area (Å²) in [6.45, 7) is 0.823. The van der Waals surface area contributed by atoms with Gasteiger partial charge in [0.25, 0.3) is 0 Å². The van der Waals surface area contributed by atoms with Crippen LogP contribution in [0.25, 0.3) is 0 Å².